The Morgan fingerprint density at radius 3 is 2.56 bits per heavy atom. The molecule has 7 nitrogen and oxygen atoms in total. The SMILES string of the molecule is Cc1c(NC(=S)NC(=O)c2ccc(OCc3ccccc3)cc2)cccc1-c1nc2ncccc2o1. The molecule has 5 rings (SSSR count). The summed E-state index contributed by atoms with van der Waals surface area (Å²) < 4.78 is 11.6. The number of rotatable bonds is 6. The van der Waals surface area contributed by atoms with Crippen LogP contribution in [0.15, 0.2) is 95.5 Å². The van der Waals surface area contributed by atoms with Gasteiger partial charge in [0.1, 0.15) is 12.4 Å². The maximum Gasteiger partial charge on any atom is 0.257 e. The van der Waals surface area contributed by atoms with Crippen LogP contribution in [-0.2, 0) is 6.61 Å². The van der Waals surface area contributed by atoms with E-state index in [9.17, 15) is 4.79 Å². The highest BCUT2D eigenvalue weighted by Crippen LogP contribution is 2.30. The molecule has 0 spiro atoms. The molecule has 0 aliphatic carbocycles. The molecule has 0 aliphatic rings. The molecule has 0 unspecified atom stereocenters. The summed E-state index contributed by atoms with van der Waals surface area (Å²) in [5.74, 6) is 0.827. The third-order valence-corrected chi connectivity index (χ3v) is 5.77. The summed E-state index contributed by atoms with van der Waals surface area (Å²) >= 11 is 5.39. The number of hydrogen-bond donors (Lipinski definition) is 2. The van der Waals surface area contributed by atoms with Gasteiger partial charge in [0.05, 0.1) is 0 Å². The quantitative estimate of drug-likeness (QED) is 0.284. The molecule has 2 N–H and O–H groups in total. The van der Waals surface area contributed by atoms with Crippen molar-refractivity contribution in [2.24, 2.45) is 0 Å². The monoisotopic (exact) mass is 494 g/mol. The fraction of sp³-hybridized carbons (Fsp3) is 0.0714. The summed E-state index contributed by atoms with van der Waals surface area (Å²) in [6.45, 7) is 2.39. The molecule has 36 heavy (non-hydrogen) atoms. The van der Waals surface area contributed by atoms with Gasteiger partial charge in [-0.3, -0.25) is 10.1 Å². The third-order valence-electron chi connectivity index (χ3n) is 5.57. The van der Waals surface area contributed by atoms with Crippen LogP contribution in [0.25, 0.3) is 22.7 Å². The van der Waals surface area contributed by atoms with E-state index in [2.05, 4.69) is 20.6 Å². The number of nitrogens with zero attached hydrogens (tertiary/aromatic N) is 2. The van der Waals surface area contributed by atoms with Crippen LogP contribution in [0.1, 0.15) is 21.5 Å². The van der Waals surface area contributed by atoms with E-state index in [1.807, 2.05) is 61.5 Å². The first kappa shape index (κ1) is 23.2. The summed E-state index contributed by atoms with van der Waals surface area (Å²) in [7, 11) is 0. The number of nitrogens with one attached hydrogen (secondary N) is 2. The van der Waals surface area contributed by atoms with Crippen LogP contribution in [0.4, 0.5) is 5.69 Å². The lowest BCUT2D eigenvalue weighted by atomic mass is 10.1. The molecular weight excluding hydrogens is 472 g/mol. The molecule has 1 amide bonds. The van der Waals surface area contributed by atoms with Gasteiger partial charge < -0.3 is 14.5 Å². The van der Waals surface area contributed by atoms with Crippen LogP contribution in [0.3, 0.4) is 0 Å². The van der Waals surface area contributed by atoms with E-state index >= 15 is 0 Å². The lowest BCUT2D eigenvalue weighted by Gasteiger charge is -2.13. The van der Waals surface area contributed by atoms with Gasteiger partial charge in [0.2, 0.25) is 5.89 Å². The van der Waals surface area contributed by atoms with Gasteiger partial charge in [-0.25, -0.2) is 4.98 Å². The molecule has 5 aromatic rings. The van der Waals surface area contributed by atoms with E-state index in [0.717, 1.165) is 22.4 Å². The number of benzene rings is 3. The number of pyridine rings is 1. The molecule has 178 valence electrons. The minimum Gasteiger partial charge on any atom is -0.489 e. The maximum absolute atomic E-state index is 12.7. The molecule has 0 radical (unpaired) electrons. The molecule has 0 fully saturated rings. The van der Waals surface area contributed by atoms with Crippen molar-refractivity contribution in [1.82, 2.24) is 15.3 Å². The van der Waals surface area contributed by atoms with Gasteiger partial charge in [-0.1, -0.05) is 36.4 Å². The highest BCUT2D eigenvalue weighted by molar-refractivity contribution is 7.80. The van der Waals surface area contributed by atoms with Crippen molar-refractivity contribution in [2.75, 3.05) is 5.32 Å². The van der Waals surface area contributed by atoms with Gasteiger partial charge in [-0.2, -0.15) is 4.98 Å². The Morgan fingerprint density at radius 2 is 1.78 bits per heavy atom. The van der Waals surface area contributed by atoms with Crippen molar-refractivity contribution in [2.45, 2.75) is 13.5 Å². The summed E-state index contributed by atoms with van der Waals surface area (Å²) in [6, 6.07) is 26.1. The van der Waals surface area contributed by atoms with E-state index in [1.54, 1.807) is 36.5 Å². The Labute approximate surface area is 213 Å². The average Bonchev–Trinajstić information content (AvgIpc) is 3.33. The van der Waals surface area contributed by atoms with Crippen molar-refractivity contribution in [3.05, 3.63) is 108 Å². The number of thiocarbonyl (C=S) groups is 1. The first-order valence-electron chi connectivity index (χ1n) is 11.3. The molecule has 2 aromatic heterocycles. The van der Waals surface area contributed by atoms with Crippen molar-refractivity contribution >= 4 is 40.2 Å². The Bertz CT molecular complexity index is 1500. The molecule has 2 heterocycles. The van der Waals surface area contributed by atoms with Gasteiger partial charge in [-0.15, -0.1) is 0 Å². The minimum absolute atomic E-state index is 0.184. The summed E-state index contributed by atoms with van der Waals surface area (Å²) in [5, 5.41) is 6.00. The fourth-order valence-corrected chi connectivity index (χ4v) is 3.86. The van der Waals surface area contributed by atoms with Crippen molar-refractivity contribution in [1.29, 1.82) is 0 Å². The maximum atomic E-state index is 12.7. The summed E-state index contributed by atoms with van der Waals surface area (Å²) in [4.78, 5) is 21.4. The van der Waals surface area contributed by atoms with Gasteiger partial charge >= 0.3 is 0 Å². The predicted molar refractivity (Wildman–Crippen MR) is 143 cm³/mol. The summed E-state index contributed by atoms with van der Waals surface area (Å²) in [5.41, 5.74) is 5.11. The number of carbonyl (C=O) groups excluding carboxylic acids is 1. The number of aromatic nitrogens is 2. The number of ether oxygens (including phenoxy) is 1. The largest absolute Gasteiger partial charge is 0.489 e. The van der Waals surface area contributed by atoms with E-state index in [4.69, 9.17) is 21.4 Å². The molecule has 0 saturated carbocycles. The minimum atomic E-state index is -0.319. The second kappa shape index (κ2) is 10.4. The molecular formula is C28H22N4O3S. The van der Waals surface area contributed by atoms with Gasteiger partial charge in [-0.05, 0) is 78.8 Å². The Balaban J connectivity index is 1.22. The van der Waals surface area contributed by atoms with Crippen LogP contribution in [0.2, 0.25) is 0 Å². The van der Waals surface area contributed by atoms with Crippen molar-refractivity contribution in [3.63, 3.8) is 0 Å². The number of carbonyl (C=O) groups is 1. The van der Waals surface area contributed by atoms with Crippen LogP contribution in [0, 0.1) is 6.92 Å². The Morgan fingerprint density at radius 1 is 0.972 bits per heavy atom. The first-order valence-corrected chi connectivity index (χ1v) is 11.7. The number of fused-ring (bicyclic) bond motifs is 1. The lowest BCUT2D eigenvalue weighted by molar-refractivity contribution is 0.0977. The molecule has 0 aliphatic heterocycles. The van der Waals surface area contributed by atoms with Crippen molar-refractivity contribution in [3.8, 4) is 17.2 Å². The molecule has 8 heteroatoms. The van der Waals surface area contributed by atoms with E-state index in [0.29, 0.717) is 35.0 Å². The van der Waals surface area contributed by atoms with E-state index in [1.165, 1.54) is 0 Å². The summed E-state index contributed by atoms with van der Waals surface area (Å²) in [6.07, 6.45) is 1.67. The highest BCUT2D eigenvalue weighted by Gasteiger charge is 2.15. The standard InChI is InChI=1S/C28H22N4O3S/c1-18-22(27-31-25-24(35-27)11-6-16-29-25)9-5-10-23(18)30-28(36)32-26(33)20-12-14-21(15-13-20)34-17-19-7-3-2-4-8-19/h2-16H,17H2,1H3,(H2,30,32,33,36). The number of hydrogen-bond acceptors (Lipinski definition) is 6. The zero-order valence-electron chi connectivity index (χ0n) is 19.4. The zero-order valence-corrected chi connectivity index (χ0v) is 20.2. The average molecular weight is 495 g/mol. The topological polar surface area (TPSA) is 89.3 Å². The molecule has 0 atom stereocenters. The van der Waals surface area contributed by atoms with E-state index in [-0.39, 0.29) is 11.0 Å². The predicted octanol–water partition coefficient (Wildman–Crippen LogP) is 5.90. The third kappa shape index (κ3) is 5.24. The van der Waals surface area contributed by atoms with Gasteiger partial charge in [0, 0.05) is 23.0 Å². The zero-order chi connectivity index (χ0) is 24.9. The van der Waals surface area contributed by atoms with Crippen molar-refractivity contribution < 1.29 is 13.9 Å². The van der Waals surface area contributed by atoms with Crippen LogP contribution >= 0.6 is 12.2 Å². The number of amides is 1. The molecule has 0 saturated heterocycles. The highest BCUT2D eigenvalue weighted by atomic mass is 32.1. The van der Waals surface area contributed by atoms with Crippen LogP contribution in [-0.4, -0.2) is 21.0 Å². The smallest absolute Gasteiger partial charge is 0.257 e. The second-order valence-electron chi connectivity index (χ2n) is 8.03. The van der Waals surface area contributed by atoms with Crippen LogP contribution in [0.5, 0.6) is 5.75 Å². The van der Waals surface area contributed by atoms with Crippen LogP contribution < -0.4 is 15.4 Å². The van der Waals surface area contributed by atoms with Gasteiger partial charge in [0.15, 0.2) is 16.3 Å². The second-order valence-corrected chi connectivity index (χ2v) is 8.44. The Hall–Kier alpha value is -4.56. The van der Waals surface area contributed by atoms with E-state index < -0.39 is 0 Å². The molecule has 0 bridgehead atoms. The number of oxazole rings is 1. The Kier molecular flexibility index (Phi) is 6.68. The normalized spacial score (nSPS) is 10.7. The lowest BCUT2D eigenvalue weighted by Crippen LogP contribution is -2.34. The van der Waals surface area contributed by atoms with Gasteiger partial charge in [0.25, 0.3) is 5.91 Å². The number of anilines is 1. The molecule has 3 aromatic carbocycles. The fourth-order valence-electron chi connectivity index (χ4n) is 3.66. The first-order chi connectivity index (χ1) is 17.6.